The van der Waals surface area contributed by atoms with E-state index in [4.69, 9.17) is 0 Å². The van der Waals surface area contributed by atoms with Gasteiger partial charge in [-0.1, -0.05) is 18.2 Å². The van der Waals surface area contributed by atoms with Gasteiger partial charge in [0.25, 0.3) is 5.91 Å². The minimum Gasteiger partial charge on any atom is -0.479 e. The molecule has 1 saturated carbocycles. The summed E-state index contributed by atoms with van der Waals surface area (Å²) in [6.07, 6.45) is 2.79. The molecule has 3 rings (SSSR count). The number of benzene rings is 1. The Labute approximate surface area is 105 Å². The van der Waals surface area contributed by atoms with Crippen molar-refractivity contribution in [3.63, 3.8) is 0 Å². The molecular formula is C14H15NO3. The molecule has 0 spiro atoms. The lowest BCUT2D eigenvalue weighted by molar-refractivity contribution is -0.156. The highest BCUT2D eigenvalue weighted by atomic mass is 16.4. The molecule has 1 aromatic rings. The molecular weight excluding hydrogens is 230 g/mol. The summed E-state index contributed by atoms with van der Waals surface area (Å²) in [5.41, 5.74) is 0.750. The predicted octanol–water partition coefficient (Wildman–Crippen LogP) is 1.69. The van der Waals surface area contributed by atoms with Gasteiger partial charge >= 0.3 is 5.97 Å². The normalized spacial score (nSPS) is 21.1. The standard InChI is InChI=1S/C14H15NO3/c16-12-11-5-2-1-4-10(11)6-9-15(12)14(13(17)18)7-3-8-14/h1-2,4-5H,3,6-9H2,(H,17,18). The number of carboxylic acid groups (broad SMARTS) is 1. The number of amides is 1. The molecule has 0 atom stereocenters. The van der Waals surface area contributed by atoms with Gasteiger partial charge in [0.15, 0.2) is 0 Å². The molecule has 0 radical (unpaired) electrons. The average molecular weight is 245 g/mol. The minimum atomic E-state index is -0.940. The molecule has 94 valence electrons. The molecule has 0 aromatic heterocycles. The maximum absolute atomic E-state index is 12.4. The Kier molecular flexibility index (Phi) is 2.40. The van der Waals surface area contributed by atoms with Gasteiger partial charge in [-0.15, -0.1) is 0 Å². The third kappa shape index (κ3) is 1.38. The maximum atomic E-state index is 12.4. The Bertz CT molecular complexity index is 520. The number of hydrogen-bond donors (Lipinski definition) is 1. The average Bonchev–Trinajstić information content (AvgIpc) is 2.30. The second kappa shape index (κ2) is 3.83. The van der Waals surface area contributed by atoms with Gasteiger partial charge in [-0.3, -0.25) is 4.79 Å². The van der Waals surface area contributed by atoms with Crippen LogP contribution in [0.25, 0.3) is 0 Å². The Hall–Kier alpha value is -1.84. The largest absolute Gasteiger partial charge is 0.479 e. The molecule has 18 heavy (non-hydrogen) atoms. The van der Waals surface area contributed by atoms with Gasteiger partial charge in [-0.25, -0.2) is 4.79 Å². The molecule has 1 heterocycles. The summed E-state index contributed by atoms with van der Waals surface area (Å²) in [6.45, 7) is 0.516. The number of nitrogens with zero attached hydrogens (tertiary/aromatic N) is 1. The van der Waals surface area contributed by atoms with Crippen LogP contribution in [0.2, 0.25) is 0 Å². The van der Waals surface area contributed by atoms with Gasteiger partial charge in [-0.05, 0) is 37.3 Å². The molecule has 0 saturated heterocycles. The molecule has 1 aromatic carbocycles. The number of carbonyl (C=O) groups excluding carboxylic acids is 1. The second-order valence-corrected chi connectivity index (χ2v) is 5.05. The number of carbonyl (C=O) groups is 2. The van der Waals surface area contributed by atoms with E-state index in [-0.39, 0.29) is 5.91 Å². The fraction of sp³-hybridized carbons (Fsp3) is 0.429. The molecule has 1 aliphatic heterocycles. The molecule has 1 fully saturated rings. The van der Waals surface area contributed by atoms with Crippen LogP contribution in [-0.2, 0) is 11.2 Å². The highest BCUT2D eigenvalue weighted by Crippen LogP contribution is 2.40. The van der Waals surface area contributed by atoms with Gasteiger partial charge in [-0.2, -0.15) is 0 Å². The smallest absolute Gasteiger partial charge is 0.329 e. The molecule has 0 unspecified atom stereocenters. The van der Waals surface area contributed by atoms with Gasteiger partial charge in [0.05, 0.1) is 0 Å². The van der Waals surface area contributed by atoms with Crippen LogP contribution in [0, 0.1) is 0 Å². The number of hydrogen-bond acceptors (Lipinski definition) is 2. The van der Waals surface area contributed by atoms with E-state index in [0.717, 1.165) is 18.4 Å². The lowest BCUT2D eigenvalue weighted by atomic mass is 9.74. The van der Waals surface area contributed by atoms with Crippen molar-refractivity contribution in [1.82, 2.24) is 4.90 Å². The second-order valence-electron chi connectivity index (χ2n) is 5.05. The van der Waals surface area contributed by atoms with Crippen molar-refractivity contribution in [3.05, 3.63) is 35.4 Å². The van der Waals surface area contributed by atoms with Crippen molar-refractivity contribution in [2.24, 2.45) is 0 Å². The zero-order chi connectivity index (χ0) is 12.8. The topological polar surface area (TPSA) is 57.6 Å². The summed E-state index contributed by atoms with van der Waals surface area (Å²) >= 11 is 0. The summed E-state index contributed by atoms with van der Waals surface area (Å²) in [4.78, 5) is 25.5. The third-order valence-corrected chi connectivity index (χ3v) is 4.19. The van der Waals surface area contributed by atoms with Crippen LogP contribution >= 0.6 is 0 Å². The fourth-order valence-electron chi connectivity index (χ4n) is 2.95. The van der Waals surface area contributed by atoms with Gasteiger partial charge < -0.3 is 10.0 Å². The number of aliphatic carboxylic acids is 1. The van der Waals surface area contributed by atoms with Crippen LogP contribution in [0.15, 0.2) is 24.3 Å². The van der Waals surface area contributed by atoms with Crippen molar-refractivity contribution in [2.75, 3.05) is 6.54 Å². The van der Waals surface area contributed by atoms with Crippen LogP contribution < -0.4 is 0 Å². The molecule has 4 heteroatoms. The van der Waals surface area contributed by atoms with Crippen molar-refractivity contribution in [3.8, 4) is 0 Å². The van der Waals surface area contributed by atoms with E-state index in [1.54, 1.807) is 11.0 Å². The van der Waals surface area contributed by atoms with Crippen molar-refractivity contribution in [2.45, 2.75) is 31.2 Å². The van der Waals surface area contributed by atoms with Crippen molar-refractivity contribution < 1.29 is 14.7 Å². The highest BCUT2D eigenvalue weighted by Gasteiger charge is 2.52. The highest BCUT2D eigenvalue weighted by molar-refractivity contribution is 6.00. The van der Waals surface area contributed by atoms with E-state index in [1.807, 2.05) is 18.2 Å². The number of rotatable bonds is 2. The van der Waals surface area contributed by atoms with Crippen LogP contribution in [0.4, 0.5) is 0 Å². The lowest BCUT2D eigenvalue weighted by Gasteiger charge is -2.48. The van der Waals surface area contributed by atoms with E-state index in [9.17, 15) is 14.7 Å². The molecule has 2 aliphatic rings. The van der Waals surface area contributed by atoms with Gasteiger partial charge in [0.2, 0.25) is 0 Å². The van der Waals surface area contributed by atoms with Crippen LogP contribution in [-0.4, -0.2) is 34.0 Å². The Morgan fingerprint density at radius 2 is 2.00 bits per heavy atom. The Balaban J connectivity index is 1.98. The first-order valence-corrected chi connectivity index (χ1v) is 6.28. The van der Waals surface area contributed by atoms with E-state index >= 15 is 0 Å². The number of fused-ring (bicyclic) bond motifs is 1. The van der Waals surface area contributed by atoms with Gasteiger partial charge in [0.1, 0.15) is 5.54 Å². The number of carboxylic acids is 1. The summed E-state index contributed by atoms with van der Waals surface area (Å²) in [7, 11) is 0. The van der Waals surface area contributed by atoms with E-state index in [2.05, 4.69) is 0 Å². The first-order valence-electron chi connectivity index (χ1n) is 6.28. The molecule has 1 N–H and O–H groups in total. The minimum absolute atomic E-state index is 0.126. The summed E-state index contributed by atoms with van der Waals surface area (Å²) < 4.78 is 0. The summed E-state index contributed by atoms with van der Waals surface area (Å²) in [5, 5.41) is 9.41. The van der Waals surface area contributed by atoms with Gasteiger partial charge in [0, 0.05) is 12.1 Å². The van der Waals surface area contributed by atoms with E-state index < -0.39 is 11.5 Å². The molecule has 1 amide bonds. The Morgan fingerprint density at radius 1 is 1.28 bits per heavy atom. The van der Waals surface area contributed by atoms with Crippen LogP contribution in [0.3, 0.4) is 0 Å². The first kappa shape index (κ1) is 11.3. The molecule has 1 aliphatic carbocycles. The lowest BCUT2D eigenvalue weighted by Crippen LogP contribution is -2.62. The molecule has 4 nitrogen and oxygen atoms in total. The quantitative estimate of drug-likeness (QED) is 0.862. The zero-order valence-electron chi connectivity index (χ0n) is 10.1. The fourth-order valence-corrected chi connectivity index (χ4v) is 2.95. The third-order valence-electron chi connectivity index (χ3n) is 4.19. The Morgan fingerprint density at radius 3 is 2.61 bits per heavy atom. The summed E-state index contributed by atoms with van der Waals surface area (Å²) in [5.74, 6) is -0.986. The maximum Gasteiger partial charge on any atom is 0.329 e. The van der Waals surface area contributed by atoms with E-state index in [0.29, 0.717) is 24.9 Å². The monoisotopic (exact) mass is 245 g/mol. The van der Waals surface area contributed by atoms with Crippen LogP contribution in [0.1, 0.15) is 35.2 Å². The van der Waals surface area contributed by atoms with E-state index in [1.165, 1.54) is 0 Å². The summed E-state index contributed by atoms with van der Waals surface area (Å²) in [6, 6.07) is 7.48. The van der Waals surface area contributed by atoms with Crippen LogP contribution in [0.5, 0.6) is 0 Å². The SMILES string of the molecule is O=C1c2ccccc2CCN1C1(C(=O)O)CCC1. The molecule has 0 bridgehead atoms. The predicted molar refractivity (Wildman–Crippen MR) is 65.4 cm³/mol. The zero-order valence-corrected chi connectivity index (χ0v) is 10.1. The van der Waals surface area contributed by atoms with Crippen molar-refractivity contribution >= 4 is 11.9 Å². The van der Waals surface area contributed by atoms with Crippen molar-refractivity contribution in [1.29, 1.82) is 0 Å². The first-order chi connectivity index (χ1) is 8.65.